The highest BCUT2D eigenvalue weighted by molar-refractivity contribution is 6.21. The number of hydrogen-bond donors (Lipinski definition) is 0. The highest BCUT2D eigenvalue weighted by Crippen LogP contribution is 2.16. The van der Waals surface area contributed by atoms with Crippen LogP contribution in [0, 0.1) is 0 Å². The molecule has 2 nitrogen and oxygen atoms in total. The molecule has 2 heteroatoms. The topological polar surface area (TPSA) is 21.6 Å². The number of hydrogen-bond acceptors (Lipinski definition) is 2. The number of rotatable bonds is 6. The van der Waals surface area contributed by atoms with Gasteiger partial charge in [0.2, 0.25) is 0 Å². The van der Waals surface area contributed by atoms with Crippen LogP contribution in [0.1, 0.15) is 51.7 Å². The Balaban J connectivity index is 0.00000154. The Morgan fingerprint density at radius 1 is 1.21 bits per heavy atom. The highest BCUT2D eigenvalue weighted by atomic mass is 16.6. The van der Waals surface area contributed by atoms with Crippen molar-refractivity contribution in [3.63, 3.8) is 0 Å². The molecule has 0 heterocycles. The van der Waals surface area contributed by atoms with E-state index in [2.05, 4.69) is 42.9 Å². The quantitative estimate of drug-likeness (QED) is 0.516. The normalized spacial score (nSPS) is 10.5. The van der Waals surface area contributed by atoms with Crippen LogP contribution in [0.25, 0.3) is 5.57 Å². The van der Waals surface area contributed by atoms with Crippen molar-refractivity contribution in [2.45, 2.75) is 47.0 Å². The van der Waals surface area contributed by atoms with Gasteiger partial charge in [0.15, 0.2) is 0 Å². The summed E-state index contributed by atoms with van der Waals surface area (Å²) in [7, 11) is 1.55. The van der Waals surface area contributed by atoms with Gasteiger partial charge in [-0.25, -0.2) is 0 Å². The third kappa shape index (κ3) is 6.23. The van der Waals surface area contributed by atoms with Gasteiger partial charge in [0.25, 0.3) is 0 Å². The molecule has 0 aliphatic heterocycles. The molecule has 19 heavy (non-hydrogen) atoms. The first-order valence-corrected chi connectivity index (χ1v) is 7.05. The van der Waals surface area contributed by atoms with E-state index < -0.39 is 0 Å². The number of nitrogens with zero attached hydrogens (tertiary/aromatic N) is 1. The van der Waals surface area contributed by atoms with Crippen LogP contribution in [-0.2, 0) is 11.3 Å². The molecule has 0 amide bonds. The summed E-state index contributed by atoms with van der Waals surface area (Å²) in [5.74, 6) is 0. The van der Waals surface area contributed by atoms with E-state index in [4.69, 9.17) is 4.84 Å². The largest absolute Gasteiger partial charge is 0.399 e. The van der Waals surface area contributed by atoms with Gasteiger partial charge in [-0.15, -0.1) is 0 Å². The lowest BCUT2D eigenvalue weighted by Gasteiger charge is -2.06. The van der Waals surface area contributed by atoms with Gasteiger partial charge >= 0.3 is 0 Å². The van der Waals surface area contributed by atoms with Crippen LogP contribution < -0.4 is 0 Å². The molecule has 0 saturated carbocycles. The van der Waals surface area contributed by atoms with E-state index in [1.165, 1.54) is 18.4 Å². The fourth-order valence-electron chi connectivity index (χ4n) is 1.65. The second-order valence-corrected chi connectivity index (χ2v) is 4.14. The minimum Gasteiger partial charge on any atom is -0.399 e. The molecule has 1 rings (SSSR count). The van der Waals surface area contributed by atoms with Crippen molar-refractivity contribution in [2.24, 2.45) is 5.16 Å². The first-order valence-electron chi connectivity index (χ1n) is 7.05. The summed E-state index contributed by atoms with van der Waals surface area (Å²) in [5, 5.41) is 3.89. The third-order valence-corrected chi connectivity index (χ3v) is 2.79. The number of oxime groups is 1. The molecule has 0 aliphatic carbocycles. The van der Waals surface area contributed by atoms with Gasteiger partial charge < -0.3 is 4.84 Å². The van der Waals surface area contributed by atoms with E-state index in [9.17, 15) is 0 Å². The number of benzene rings is 1. The fourth-order valence-corrected chi connectivity index (χ4v) is 1.65. The molecule has 0 unspecified atom stereocenters. The number of unbranched alkanes of at least 4 members (excludes halogenated alkanes) is 1. The maximum absolute atomic E-state index is 4.75. The molecule has 0 spiro atoms. The smallest absolute Gasteiger partial charge is 0.106 e. The summed E-state index contributed by atoms with van der Waals surface area (Å²) in [4.78, 5) is 4.75. The van der Waals surface area contributed by atoms with Crippen LogP contribution in [0.2, 0.25) is 0 Å². The van der Waals surface area contributed by atoms with Crippen molar-refractivity contribution in [2.75, 3.05) is 7.11 Å². The van der Waals surface area contributed by atoms with E-state index in [0.717, 1.165) is 23.3 Å². The Bertz CT molecular complexity index is 390. The van der Waals surface area contributed by atoms with Crippen LogP contribution in [0.15, 0.2) is 36.0 Å². The zero-order valence-corrected chi connectivity index (χ0v) is 13.0. The van der Waals surface area contributed by atoms with Gasteiger partial charge in [0, 0.05) is 0 Å². The summed E-state index contributed by atoms with van der Waals surface area (Å²) in [5.41, 5.74) is 4.20. The molecule has 0 saturated heterocycles. The molecule has 0 N–H and O–H groups in total. The fraction of sp³-hybridized carbons (Fsp3) is 0.471. The molecule has 0 radical (unpaired) electrons. The SMILES string of the molecule is C=C(/C(C)=N/OC)c1ccc(CCCC)cc1.CC. The Kier molecular flexibility index (Phi) is 9.51. The average molecular weight is 261 g/mol. The van der Waals surface area contributed by atoms with Crippen LogP contribution in [-0.4, -0.2) is 12.8 Å². The minimum absolute atomic E-state index is 0.814. The predicted molar refractivity (Wildman–Crippen MR) is 85.6 cm³/mol. The van der Waals surface area contributed by atoms with Gasteiger partial charge in [-0.1, -0.05) is 63.2 Å². The minimum atomic E-state index is 0.814. The lowest BCUT2D eigenvalue weighted by Crippen LogP contribution is -1.96. The molecular formula is C17H27NO. The maximum Gasteiger partial charge on any atom is 0.106 e. The van der Waals surface area contributed by atoms with Gasteiger partial charge in [-0.05, 0) is 36.5 Å². The second kappa shape index (κ2) is 10.4. The zero-order valence-electron chi connectivity index (χ0n) is 13.0. The van der Waals surface area contributed by atoms with Gasteiger partial charge in [-0.2, -0.15) is 0 Å². The molecule has 1 aromatic rings. The average Bonchev–Trinajstić information content (AvgIpc) is 2.47. The summed E-state index contributed by atoms with van der Waals surface area (Å²) < 4.78 is 0. The maximum atomic E-state index is 4.75. The Morgan fingerprint density at radius 2 is 1.79 bits per heavy atom. The van der Waals surface area contributed by atoms with E-state index in [1.54, 1.807) is 7.11 Å². The highest BCUT2D eigenvalue weighted by Gasteiger charge is 2.03. The number of allylic oxidation sites excluding steroid dienone is 1. The van der Waals surface area contributed by atoms with Gasteiger partial charge in [0.1, 0.15) is 7.11 Å². The van der Waals surface area contributed by atoms with E-state index in [1.807, 2.05) is 20.8 Å². The zero-order chi connectivity index (χ0) is 14.7. The Morgan fingerprint density at radius 3 is 2.26 bits per heavy atom. The lowest BCUT2D eigenvalue weighted by atomic mass is 10.0. The first-order chi connectivity index (χ1) is 9.19. The van der Waals surface area contributed by atoms with Crippen molar-refractivity contribution in [3.8, 4) is 0 Å². The molecule has 0 atom stereocenters. The molecule has 0 aliphatic rings. The number of aryl methyl sites for hydroxylation is 1. The summed E-state index contributed by atoms with van der Waals surface area (Å²) in [6.45, 7) is 12.1. The predicted octanol–water partition coefficient (Wildman–Crippen LogP) is 5.09. The van der Waals surface area contributed by atoms with Crippen molar-refractivity contribution in [1.82, 2.24) is 0 Å². The van der Waals surface area contributed by atoms with Crippen molar-refractivity contribution in [3.05, 3.63) is 42.0 Å². The second-order valence-electron chi connectivity index (χ2n) is 4.14. The lowest BCUT2D eigenvalue weighted by molar-refractivity contribution is 0.214. The molecule has 1 aromatic carbocycles. The Labute approximate surface area is 118 Å². The van der Waals surface area contributed by atoms with E-state index in [0.29, 0.717) is 0 Å². The Hall–Kier alpha value is -1.57. The summed E-state index contributed by atoms with van der Waals surface area (Å²) in [6.07, 6.45) is 3.62. The van der Waals surface area contributed by atoms with Crippen molar-refractivity contribution < 1.29 is 4.84 Å². The van der Waals surface area contributed by atoms with Crippen molar-refractivity contribution >= 4 is 11.3 Å². The molecular weight excluding hydrogens is 234 g/mol. The monoisotopic (exact) mass is 261 g/mol. The van der Waals surface area contributed by atoms with Crippen LogP contribution in [0.4, 0.5) is 0 Å². The van der Waals surface area contributed by atoms with Gasteiger partial charge in [0.05, 0.1) is 5.71 Å². The summed E-state index contributed by atoms with van der Waals surface area (Å²) >= 11 is 0. The molecule has 0 bridgehead atoms. The van der Waals surface area contributed by atoms with Crippen LogP contribution >= 0.6 is 0 Å². The summed E-state index contributed by atoms with van der Waals surface area (Å²) in [6, 6.07) is 8.52. The van der Waals surface area contributed by atoms with E-state index in [-0.39, 0.29) is 0 Å². The first kappa shape index (κ1) is 17.4. The molecule has 0 aromatic heterocycles. The van der Waals surface area contributed by atoms with Crippen LogP contribution in [0.3, 0.4) is 0 Å². The van der Waals surface area contributed by atoms with Crippen LogP contribution in [0.5, 0.6) is 0 Å². The standard InChI is InChI=1S/C15H21NO.C2H6/c1-5-6-7-14-8-10-15(11-9-14)12(2)13(3)16-17-4;1-2/h8-11H,2,5-7H2,1,3-4H3;1-2H3/b16-13+;. The third-order valence-electron chi connectivity index (χ3n) is 2.79. The van der Waals surface area contributed by atoms with Gasteiger partial charge in [-0.3, -0.25) is 0 Å². The molecule has 0 fully saturated rings. The van der Waals surface area contributed by atoms with E-state index >= 15 is 0 Å². The van der Waals surface area contributed by atoms with Crippen molar-refractivity contribution in [1.29, 1.82) is 0 Å². The molecule has 106 valence electrons.